The topological polar surface area (TPSA) is 52.7 Å². The molecule has 1 aromatic rings. The van der Waals surface area contributed by atoms with Gasteiger partial charge in [0.25, 0.3) is 0 Å². The molecule has 0 aromatic heterocycles. The van der Waals surface area contributed by atoms with Gasteiger partial charge in [0, 0.05) is 37.8 Å². The Bertz CT molecular complexity index is 766. The van der Waals surface area contributed by atoms with E-state index in [2.05, 4.69) is 17.1 Å². The van der Waals surface area contributed by atoms with Crippen molar-refractivity contribution in [3.8, 4) is 0 Å². The fraction of sp³-hybridized carbons (Fsp3) is 0.714. The molecule has 1 saturated heterocycles. The first-order chi connectivity index (χ1) is 16.4. The van der Waals surface area contributed by atoms with E-state index in [0.717, 1.165) is 37.3 Å². The van der Waals surface area contributed by atoms with Crippen molar-refractivity contribution < 1.29 is 14.0 Å². The van der Waals surface area contributed by atoms with Crippen molar-refractivity contribution in [3.05, 3.63) is 30.1 Å². The SMILES string of the molecule is CCCCCCC1CCC(C(=O)N[C@@H](C(=O)N2CCN(c3ccc(F)cc3)CC2)C(C)C)CC1. The third-order valence-electron chi connectivity index (χ3n) is 7.70. The number of benzene rings is 1. The molecule has 0 spiro atoms. The molecule has 5 nitrogen and oxygen atoms in total. The van der Waals surface area contributed by atoms with Crippen LogP contribution in [0.25, 0.3) is 0 Å². The number of carbonyl (C=O) groups excluding carboxylic acids is 2. The van der Waals surface area contributed by atoms with Gasteiger partial charge in [-0.05, 0) is 61.8 Å². The first kappa shape index (κ1) is 26.5. The smallest absolute Gasteiger partial charge is 0.245 e. The number of rotatable bonds is 10. The number of halogens is 1. The summed E-state index contributed by atoms with van der Waals surface area (Å²) >= 11 is 0. The van der Waals surface area contributed by atoms with Crippen molar-refractivity contribution in [3.63, 3.8) is 0 Å². The highest BCUT2D eigenvalue weighted by Gasteiger charge is 2.33. The molecule has 1 aliphatic heterocycles. The molecule has 190 valence electrons. The second-order valence-electron chi connectivity index (χ2n) is 10.6. The van der Waals surface area contributed by atoms with Gasteiger partial charge in [0.2, 0.25) is 11.8 Å². The summed E-state index contributed by atoms with van der Waals surface area (Å²) in [6.45, 7) is 8.89. The normalized spacial score (nSPS) is 22.0. The number of piperazine rings is 1. The molecule has 2 fully saturated rings. The zero-order chi connectivity index (χ0) is 24.5. The van der Waals surface area contributed by atoms with Crippen molar-refractivity contribution in [2.24, 2.45) is 17.8 Å². The van der Waals surface area contributed by atoms with E-state index in [1.54, 1.807) is 12.1 Å². The first-order valence-electron chi connectivity index (χ1n) is 13.5. The molecule has 34 heavy (non-hydrogen) atoms. The first-order valence-corrected chi connectivity index (χ1v) is 13.5. The van der Waals surface area contributed by atoms with Crippen LogP contribution in [0.3, 0.4) is 0 Å². The lowest BCUT2D eigenvalue weighted by Crippen LogP contribution is -2.57. The minimum Gasteiger partial charge on any atom is -0.368 e. The van der Waals surface area contributed by atoms with Gasteiger partial charge >= 0.3 is 0 Å². The van der Waals surface area contributed by atoms with Crippen LogP contribution in [-0.2, 0) is 9.59 Å². The van der Waals surface area contributed by atoms with Gasteiger partial charge in [-0.3, -0.25) is 9.59 Å². The lowest BCUT2D eigenvalue weighted by Gasteiger charge is -2.38. The van der Waals surface area contributed by atoms with Crippen LogP contribution in [0.5, 0.6) is 0 Å². The van der Waals surface area contributed by atoms with E-state index in [0.29, 0.717) is 26.2 Å². The summed E-state index contributed by atoms with van der Waals surface area (Å²) < 4.78 is 13.2. The number of unbranched alkanes of at least 4 members (excludes halogenated alkanes) is 3. The van der Waals surface area contributed by atoms with Crippen LogP contribution < -0.4 is 10.2 Å². The summed E-state index contributed by atoms with van der Waals surface area (Å²) in [4.78, 5) is 30.4. The number of carbonyl (C=O) groups is 2. The van der Waals surface area contributed by atoms with Gasteiger partial charge in [-0.15, -0.1) is 0 Å². The molecule has 6 heteroatoms. The molecule has 0 unspecified atom stereocenters. The zero-order valence-corrected chi connectivity index (χ0v) is 21.4. The van der Waals surface area contributed by atoms with Gasteiger partial charge in [-0.2, -0.15) is 0 Å². The zero-order valence-electron chi connectivity index (χ0n) is 21.4. The highest BCUT2D eigenvalue weighted by molar-refractivity contribution is 5.89. The van der Waals surface area contributed by atoms with E-state index in [9.17, 15) is 14.0 Å². The van der Waals surface area contributed by atoms with Gasteiger partial charge in [0.1, 0.15) is 11.9 Å². The van der Waals surface area contributed by atoms with Crippen LogP contribution in [0.2, 0.25) is 0 Å². The number of nitrogens with zero attached hydrogens (tertiary/aromatic N) is 2. The van der Waals surface area contributed by atoms with Crippen LogP contribution >= 0.6 is 0 Å². The van der Waals surface area contributed by atoms with E-state index in [1.807, 2.05) is 18.7 Å². The maximum atomic E-state index is 13.3. The Kier molecular flexibility index (Phi) is 10.2. The maximum absolute atomic E-state index is 13.3. The average molecular weight is 474 g/mol. The van der Waals surface area contributed by atoms with Gasteiger partial charge in [-0.25, -0.2) is 4.39 Å². The minimum absolute atomic E-state index is 0.0201. The molecule has 1 atom stereocenters. The predicted molar refractivity (Wildman–Crippen MR) is 136 cm³/mol. The van der Waals surface area contributed by atoms with E-state index < -0.39 is 6.04 Å². The van der Waals surface area contributed by atoms with E-state index in [-0.39, 0.29) is 29.5 Å². The van der Waals surface area contributed by atoms with Gasteiger partial charge in [0.15, 0.2) is 0 Å². The quantitative estimate of drug-likeness (QED) is 0.464. The van der Waals surface area contributed by atoms with Crippen LogP contribution in [0.4, 0.5) is 10.1 Å². The number of nitrogens with one attached hydrogen (secondary N) is 1. The third kappa shape index (κ3) is 7.44. The molecule has 1 N–H and O–H groups in total. The lowest BCUT2D eigenvalue weighted by molar-refractivity contribution is -0.139. The summed E-state index contributed by atoms with van der Waals surface area (Å²) in [5.41, 5.74) is 0.975. The molecule has 0 radical (unpaired) electrons. The fourth-order valence-corrected chi connectivity index (χ4v) is 5.39. The van der Waals surface area contributed by atoms with Gasteiger partial charge < -0.3 is 15.1 Å². The van der Waals surface area contributed by atoms with Crippen molar-refractivity contribution in [1.82, 2.24) is 10.2 Å². The summed E-state index contributed by atoms with van der Waals surface area (Å²) in [7, 11) is 0. The predicted octanol–water partition coefficient (Wildman–Crippen LogP) is 5.39. The second-order valence-corrected chi connectivity index (χ2v) is 10.6. The Morgan fingerprint density at radius 2 is 1.62 bits per heavy atom. The molecule has 1 aliphatic carbocycles. The lowest BCUT2D eigenvalue weighted by atomic mass is 9.79. The number of hydrogen-bond donors (Lipinski definition) is 1. The summed E-state index contributed by atoms with van der Waals surface area (Å²) in [6, 6.07) is 6.03. The van der Waals surface area contributed by atoms with Crippen molar-refractivity contribution in [1.29, 1.82) is 0 Å². The Morgan fingerprint density at radius 1 is 0.971 bits per heavy atom. The summed E-state index contributed by atoms with van der Waals surface area (Å²) in [5, 5.41) is 3.12. The molecule has 2 amide bonds. The highest BCUT2D eigenvalue weighted by atomic mass is 19.1. The Hall–Kier alpha value is -2.11. The van der Waals surface area contributed by atoms with E-state index in [4.69, 9.17) is 0 Å². The van der Waals surface area contributed by atoms with E-state index in [1.165, 1.54) is 44.2 Å². The fourth-order valence-electron chi connectivity index (χ4n) is 5.39. The van der Waals surface area contributed by atoms with Crippen molar-refractivity contribution in [2.75, 3.05) is 31.1 Å². The van der Waals surface area contributed by atoms with Gasteiger partial charge in [0.05, 0.1) is 0 Å². The van der Waals surface area contributed by atoms with Crippen LogP contribution in [0, 0.1) is 23.6 Å². The Labute approximate surface area is 205 Å². The van der Waals surface area contributed by atoms with Crippen LogP contribution in [-0.4, -0.2) is 48.9 Å². The molecule has 1 saturated carbocycles. The number of amides is 2. The average Bonchev–Trinajstić information content (AvgIpc) is 2.85. The van der Waals surface area contributed by atoms with Crippen LogP contribution in [0.15, 0.2) is 24.3 Å². The molecule has 1 aromatic carbocycles. The molecular weight excluding hydrogens is 429 g/mol. The maximum Gasteiger partial charge on any atom is 0.245 e. The van der Waals surface area contributed by atoms with Crippen LogP contribution in [0.1, 0.15) is 78.6 Å². The Balaban J connectivity index is 1.46. The van der Waals surface area contributed by atoms with E-state index >= 15 is 0 Å². The number of hydrogen-bond acceptors (Lipinski definition) is 3. The standard InChI is InChI=1S/C28H44FN3O2/c1-4-5-6-7-8-22-9-11-23(12-10-22)27(33)30-26(21(2)3)28(34)32-19-17-31(18-20-32)25-15-13-24(29)14-16-25/h13-16,21-23,26H,4-12,17-20H2,1-3H3,(H,30,33)/t22?,23?,26-/m1/s1. The molecule has 2 aliphatic rings. The number of anilines is 1. The minimum atomic E-state index is -0.475. The Morgan fingerprint density at radius 3 is 2.21 bits per heavy atom. The summed E-state index contributed by atoms with van der Waals surface area (Å²) in [5.74, 6) is 0.681. The highest BCUT2D eigenvalue weighted by Crippen LogP contribution is 2.32. The monoisotopic (exact) mass is 473 g/mol. The molecule has 1 heterocycles. The molecule has 0 bridgehead atoms. The van der Waals surface area contributed by atoms with Crippen molar-refractivity contribution in [2.45, 2.75) is 84.6 Å². The molecular formula is C28H44FN3O2. The van der Waals surface area contributed by atoms with Crippen molar-refractivity contribution >= 4 is 17.5 Å². The largest absolute Gasteiger partial charge is 0.368 e. The summed E-state index contributed by atoms with van der Waals surface area (Å²) in [6.07, 6.45) is 10.7. The second kappa shape index (κ2) is 13.1. The van der Waals surface area contributed by atoms with Gasteiger partial charge in [-0.1, -0.05) is 52.9 Å². The molecule has 3 rings (SSSR count). The third-order valence-corrected chi connectivity index (χ3v) is 7.70.